The highest BCUT2D eigenvalue weighted by atomic mass is 35.5. The maximum atomic E-state index is 13.2. The SMILES string of the molecule is CCOc1ccc(NS(=O)(=O)c2ccc(F)c(Cl)c2)cc1S(N)(=O)=O. The van der Waals surface area contributed by atoms with Gasteiger partial charge in [-0.15, -0.1) is 0 Å². The molecule has 0 saturated carbocycles. The molecule has 0 aliphatic carbocycles. The summed E-state index contributed by atoms with van der Waals surface area (Å²) in [5.74, 6) is -0.768. The molecule has 0 aliphatic heterocycles. The molecule has 0 bridgehead atoms. The summed E-state index contributed by atoms with van der Waals surface area (Å²) in [4.78, 5) is -0.656. The number of anilines is 1. The minimum absolute atomic E-state index is 0.00206. The zero-order valence-electron chi connectivity index (χ0n) is 12.9. The molecule has 2 rings (SSSR count). The zero-order valence-corrected chi connectivity index (χ0v) is 15.3. The Morgan fingerprint density at radius 2 is 1.84 bits per heavy atom. The van der Waals surface area contributed by atoms with Gasteiger partial charge in [0.25, 0.3) is 10.0 Å². The van der Waals surface area contributed by atoms with Crippen molar-refractivity contribution in [1.82, 2.24) is 0 Å². The average molecular weight is 409 g/mol. The Morgan fingerprint density at radius 3 is 2.40 bits per heavy atom. The summed E-state index contributed by atoms with van der Waals surface area (Å²) in [6.07, 6.45) is 0. The Labute approximate surface area is 149 Å². The van der Waals surface area contributed by atoms with Crippen LogP contribution in [0.5, 0.6) is 5.75 Å². The fourth-order valence-electron chi connectivity index (χ4n) is 1.93. The molecule has 0 aliphatic rings. The number of nitrogens with one attached hydrogen (secondary N) is 1. The second-order valence-electron chi connectivity index (χ2n) is 4.82. The Kier molecular flexibility index (Phi) is 5.57. The van der Waals surface area contributed by atoms with Gasteiger partial charge in [-0.1, -0.05) is 11.6 Å². The number of nitrogens with two attached hydrogens (primary N) is 1. The summed E-state index contributed by atoms with van der Waals surface area (Å²) in [6, 6.07) is 6.49. The van der Waals surface area contributed by atoms with Gasteiger partial charge >= 0.3 is 0 Å². The van der Waals surface area contributed by atoms with Crippen LogP contribution >= 0.6 is 11.6 Å². The fraction of sp³-hybridized carbons (Fsp3) is 0.143. The van der Waals surface area contributed by atoms with Crippen molar-refractivity contribution in [3.63, 3.8) is 0 Å². The molecule has 2 aromatic rings. The molecule has 2 aromatic carbocycles. The van der Waals surface area contributed by atoms with Gasteiger partial charge < -0.3 is 4.74 Å². The van der Waals surface area contributed by atoms with Gasteiger partial charge in [-0.05, 0) is 43.3 Å². The highest BCUT2D eigenvalue weighted by Gasteiger charge is 2.20. The van der Waals surface area contributed by atoms with Crippen molar-refractivity contribution in [2.24, 2.45) is 5.14 Å². The van der Waals surface area contributed by atoms with E-state index in [1.54, 1.807) is 6.92 Å². The first-order valence-corrected chi connectivity index (χ1v) is 10.2. The Morgan fingerprint density at radius 1 is 1.16 bits per heavy atom. The molecule has 7 nitrogen and oxygen atoms in total. The Balaban J connectivity index is 2.44. The van der Waals surface area contributed by atoms with Crippen molar-refractivity contribution in [1.29, 1.82) is 0 Å². The summed E-state index contributed by atoms with van der Waals surface area (Å²) in [7, 11) is -8.26. The van der Waals surface area contributed by atoms with Crippen molar-refractivity contribution in [3.05, 3.63) is 47.2 Å². The number of hydrogen-bond acceptors (Lipinski definition) is 5. The smallest absolute Gasteiger partial charge is 0.261 e. The lowest BCUT2D eigenvalue weighted by Crippen LogP contribution is -2.16. The average Bonchev–Trinajstić information content (AvgIpc) is 2.50. The maximum Gasteiger partial charge on any atom is 0.261 e. The van der Waals surface area contributed by atoms with Crippen LogP contribution in [0.15, 0.2) is 46.2 Å². The van der Waals surface area contributed by atoms with E-state index in [-0.39, 0.29) is 32.9 Å². The van der Waals surface area contributed by atoms with Crippen molar-refractivity contribution in [3.8, 4) is 5.75 Å². The molecular weight excluding hydrogens is 395 g/mol. The predicted octanol–water partition coefficient (Wildman–Crippen LogP) is 2.33. The molecule has 0 saturated heterocycles. The first-order valence-electron chi connectivity index (χ1n) is 6.82. The summed E-state index contributed by atoms with van der Waals surface area (Å²) >= 11 is 5.58. The standard InChI is InChI=1S/C14H14ClFN2O5S2/c1-2-23-13-6-3-9(7-14(13)24(17,19)20)18-25(21,22)10-4-5-12(16)11(15)8-10/h3-8,18H,2H2,1H3,(H2,17,19,20). The van der Waals surface area contributed by atoms with Crippen molar-refractivity contribution in [2.75, 3.05) is 11.3 Å². The van der Waals surface area contributed by atoms with E-state index < -0.39 is 25.9 Å². The monoisotopic (exact) mass is 408 g/mol. The van der Waals surface area contributed by atoms with Gasteiger partial charge in [0.15, 0.2) is 0 Å². The molecule has 0 fully saturated rings. The molecule has 11 heteroatoms. The van der Waals surface area contributed by atoms with E-state index in [4.69, 9.17) is 21.5 Å². The number of ether oxygens (including phenoxy) is 1. The minimum Gasteiger partial charge on any atom is -0.492 e. The molecule has 3 N–H and O–H groups in total. The van der Waals surface area contributed by atoms with E-state index >= 15 is 0 Å². The minimum atomic E-state index is -4.14. The number of halogens is 2. The lowest BCUT2D eigenvalue weighted by molar-refractivity contribution is 0.331. The van der Waals surface area contributed by atoms with Crippen LogP contribution in [-0.2, 0) is 20.0 Å². The van der Waals surface area contributed by atoms with Gasteiger partial charge in [0.2, 0.25) is 10.0 Å². The topological polar surface area (TPSA) is 116 Å². The Bertz CT molecular complexity index is 1010. The van der Waals surface area contributed by atoms with Crippen molar-refractivity contribution in [2.45, 2.75) is 16.7 Å². The van der Waals surface area contributed by atoms with Gasteiger partial charge in [0.05, 0.1) is 22.2 Å². The maximum absolute atomic E-state index is 13.2. The molecule has 0 atom stereocenters. The Hall–Kier alpha value is -1.88. The number of benzene rings is 2. The summed E-state index contributed by atoms with van der Waals surface area (Å²) in [6.45, 7) is 1.85. The second-order valence-corrected chi connectivity index (χ2v) is 8.44. The molecule has 25 heavy (non-hydrogen) atoms. The first-order chi connectivity index (χ1) is 11.5. The van der Waals surface area contributed by atoms with Gasteiger partial charge in [-0.3, -0.25) is 4.72 Å². The zero-order chi connectivity index (χ0) is 18.8. The third-order valence-corrected chi connectivity index (χ3v) is 5.60. The summed E-state index contributed by atoms with van der Waals surface area (Å²) < 4.78 is 68.5. The van der Waals surface area contributed by atoms with E-state index in [0.717, 1.165) is 24.3 Å². The van der Waals surface area contributed by atoms with Crippen LogP contribution in [-0.4, -0.2) is 23.4 Å². The number of sulfonamides is 2. The molecule has 0 amide bonds. The highest BCUT2D eigenvalue weighted by molar-refractivity contribution is 7.92. The van der Waals surface area contributed by atoms with Gasteiger partial charge in [0.1, 0.15) is 16.5 Å². The number of hydrogen-bond donors (Lipinski definition) is 2. The molecule has 0 spiro atoms. The quantitative estimate of drug-likeness (QED) is 0.761. The van der Waals surface area contributed by atoms with Crippen LogP contribution in [0.25, 0.3) is 0 Å². The molecule has 136 valence electrons. The highest BCUT2D eigenvalue weighted by Crippen LogP contribution is 2.28. The molecular formula is C14H14ClFN2O5S2. The fourth-order valence-corrected chi connectivity index (χ4v) is 3.95. The summed E-state index contributed by atoms with van der Waals surface area (Å²) in [5.41, 5.74) is -0.0621. The van der Waals surface area contributed by atoms with E-state index in [1.807, 2.05) is 0 Å². The van der Waals surface area contributed by atoms with Crippen LogP contribution in [0.3, 0.4) is 0 Å². The van der Waals surface area contributed by atoms with Crippen molar-refractivity contribution >= 4 is 37.3 Å². The van der Waals surface area contributed by atoms with Crippen molar-refractivity contribution < 1.29 is 26.0 Å². The third-order valence-electron chi connectivity index (χ3n) is 3.00. The van der Waals surface area contributed by atoms with Crippen LogP contribution in [0.4, 0.5) is 10.1 Å². The normalized spacial score (nSPS) is 12.0. The van der Waals surface area contributed by atoms with Crippen LogP contribution < -0.4 is 14.6 Å². The molecule has 0 aromatic heterocycles. The second kappa shape index (κ2) is 7.16. The van der Waals surface area contributed by atoms with Gasteiger partial charge in [-0.25, -0.2) is 26.4 Å². The first kappa shape index (κ1) is 19.4. The summed E-state index contributed by atoms with van der Waals surface area (Å²) in [5, 5.41) is 4.76. The van der Waals surface area contributed by atoms with Crippen LogP contribution in [0.2, 0.25) is 5.02 Å². The lowest BCUT2D eigenvalue weighted by atomic mass is 10.3. The van der Waals surface area contributed by atoms with Gasteiger partial charge in [-0.2, -0.15) is 0 Å². The van der Waals surface area contributed by atoms with E-state index in [1.165, 1.54) is 12.1 Å². The van der Waals surface area contributed by atoms with E-state index in [9.17, 15) is 21.2 Å². The van der Waals surface area contributed by atoms with E-state index in [2.05, 4.69) is 4.72 Å². The molecule has 0 heterocycles. The largest absolute Gasteiger partial charge is 0.492 e. The molecule has 0 unspecified atom stereocenters. The molecule has 0 radical (unpaired) electrons. The number of primary sulfonamides is 1. The predicted molar refractivity (Wildman–Crippen MR) is 91.2 cm³/mol. The lowest BCUT2D eigenvalue weighted by Gasteiger charge is -2.12. The van der Waals surface area contributed by atoms with Crippen LogP contribution in [0, 0.1) is 5.82 Å². The number of rotatable bonds is 6. The van der Waals surface area contributed by atoms with E-state index in [0.29, 0.717) is 0 Å². The third kappa shape index (κ3) is 4.60. The van der Waals surface area contributed by atoms with Crippen LogP contribution in [0.1, 0.15) is 6.92 Å². The van der Waals surface area contributed by atoms with Gasteiger partial charge in [0, 0.05) is 0 Å².